The highest BCUT2D eigenvalue weighted by atomic mass is 32.2. The summed E-state index contributed by atoms with van der Waals surface area (Å²) in [5, 5.41) is 0. The van der Waals surface area contributed by atoms with Crippen LogP contribution in [0.3, 0.4) is 0 Å². The van der Waals surface area contributed by atoms with Gasteiger partial charge in [-0.3, -0.25) is 4.79 Å². The van der Waals surface area contributed by atoms with E-state index in [0.29, 0.717) is 32.1 Å². The van der Waals surface area contributed by atoms with Crippen LogP contribution in [-0.2, 0) is 11.3 Å². The van der Waals surface area contributed by atoms with Crippen molar-refractivity contribution in [2.75, 3.05) is 25.5 Å². The molecule has 0 saturated carbocycles. The van der Waals surface area contributed by atoms with E-state index in [0.717, 1.165) is 22.0 Å². The molecule has 1 aliphatic heterocycles. The Morgan fingerprint density at radius 2 is 1.92 bits per heavy atom. The number of nitrogens with zero attached hydrogens (tertiary/aromatic N) is 1. The number of amides is 1. The van der Waals surface area contributed by atoms with Crippen LogP contribution in [0.15, 0.2) is 47.4 Å². The van der Waals surface area contributed by atoms with Crippen LogP contribution in [0.5, 0.6) is 11.5 Å². The fraction of sp³-hybridized carbons (Fsp3) is 0.316. The van der Waals surface area contributed by atoms with Gasteiger partial charge in [-0.1, -0.05) is 12.1 Å². The van der Waals surface area contributed by atoms with Crippen LogP contribution in [0, 0.1) is 5.82 Å². The number of carbonyl (C=O) groups is 1. The van der Waals surface area contributed by atoms with Crippen LogP contribution >= 0.6 is 11.8 Å². The minimum absolute atomic E-state index is 0.0335. The van der Waals surface area contributed by atoms with Crippen molar-refractivity contribution in [3.63, 3.8) is 0 Å². The molecule has 1 aliphatic rings. The van der Waals surface area contributed by atoms with Gasteiger partial charge in [-0.05, 0) is 37.3 Å². The quantitative estimate of drug-likeness (QED) is 0.735. The lowest BCUT2D eigenvalue weighted by Gasteiger charge is -2.25. The third-order valence-corrected chi connectivity index (χ3v) is 4.92. The molecule has 0 spiro atoms. The van der Waals surface area contributed by atoms with E-state index in [1.807, 2.05) is 25.1 Å². The summed E-state index contributed by atoms with van der Waals surface area (Å²) in [5.74, 6) is 1.53. The van der Waals surface area contributed by atoms with Crippen molar-refractivity contribution in [2.24, 2.45) is 0 Å². The molecule has 0 bridgehead atoms. The Hall–Kier alpha value is -2.21. The number of ether oxygens (including phenoxy) is 2. The summed E-state index contributed by atoms with van der Waals surface area (Å²) in [6, 6.07) is 11.9. The predicted octanol–water partition coefficient (Wildman–Crippen LogP) is 3.74. The molecule has 2 aromatic carbocycles. The Balaban J connectivity index is 1.64. The highest BCUT2D eigenvalue weighted by molar-refractivity contribution is 8.00. The van der Waals surface area contributed by atoms with E-state index < -0.39 is 0 Å². The van der Waals surface area contributed by atoms with Crippen LogP contribution in [0.2, 0.25) is 0 Å². The summed E-state index contributed by atoms with van der Waals surface area (Å²) in [7, 11) is 0. The van der Waals surface area contributed by atoms with Gasteiger partial charge in [0, 0.05) is 23.5 Å². The zero-order chi connectivity index (χ0) is 17.6. The Morgan fingerprint density at radius 1 is 1.16 bits per heavy atom. The predicted molar refractivity (Wildman–Crippen MR) is 95.6 cm³/mol. The van der Waals surface area contributed by atoms with Crippen molar-refractivity contribution in [2.45, 2.75) is 18.4 Å². The van der Waals surface area contributed by atoms with E-state index in [2.05, 4.69) is 0 Å². The summed E-state index contributed by atoms with van der Waals surface area (Å²) >= 11 is 1.41. The number of carbonyl (C=O) groups excluding carboxylic acids is 1. The normalized spacial score (nSPS) is 12.7. The zero-order valence-electron chi connectivity index (χ0n) is 14.0. The molecule has 0 atom stereocenters. The topological polar surface area (TPSA) is 38.8 Å². The van der Waals surface area contributed by atoms with E-state index in [9.17, 15) is 9.18 Å². The zero-order valence-corrected chi connectivity index (χ0v) is 14.9. The van der Waals surface area contributed by atoms with Gasteiger partial charge in [0.05, 0.1) is 5.75 Å². The number of rotatable bonds is 6. The molecule has 6 heteroatoms. The first-order valence-corrected chi connectivity index (χ1v) is 9.19. The average Bonchev–Trinajstić information content (AvgIpc) is 2.65. The molecule has 1 amide bonds. The molecule has 0 aliphatic carbocycles. The van der Waals surface area contributed by atoms with Gasteiger partial charge in [-0.2, -0.15) is 0 Å². The van der Waals surface area contributed by atoms with Crippen molar-refractivity contribution in [1.82, 2.24) is 4.90 Å². The number of halogens is 1. The van der Waals surface area contributed by atoms with Crippen LogP contribution < -0.4 is 9.47 Å². The molecule has 0 aromatic heterocycles. The summed E-state index contributed by atoms with van der Waals surface area (Å²) in [5.41, 5.74) is 0.944. The first-order chi connectivity index (χ1) is 12.2. The first kappa shape index (κ1) is 17.6. The van der Waals surface area contributed by atoms with Crippen molar-refractivity contribution >= 4 is 17.7 Å². The molecule has 0 unspecified atom stereocenters. The van der Waals surface area contributed by atoms with Crippen molar-refractivity contribution in [3.05, 3.63) is 53.8 Å². The van der Waals surface area contributed by atoms with Gasteiger partial charge in [-0.25, -0.2) is 4.39 Å². The second-order valence-corrected chi connectivity index (χ2v) is 6.64. The molecule has 4 nitrogen and oxygen atoms in total. The van der Waals surface area contributed by atoms with Gasteiger partial charge in [0.25, 0.3) is 0 Å². The fourth-order valence-electron chi connectivity index (χ4n) is 2.61. The second kappa shape index (κ2) is 8.25. The minimum Gasteiger partial charge on any atom is -0.486 e. The Morgan fingerprint density at radius 3 is 2.68 bits per heavy atom. The average molecular weight is 361 g/mol. The Bertz CT molecular complexity index is 736. The van der Waals surface area contributed by atoms with Crippen LogP contribution in [0.4, 0.5) is 4.39 Å². The summed E-state index contributed by atoms with van der Waals surface area (Å²) in [6.07, 6.45) is 0. The molecule has 2 aromatic rings. The lowest BCUT2D eigenvalue weighted by molar-refractivity contribution is -0.128. The van der Waals surface area contributed by atoms with E-state index in [4.69, 9.17) is 9.47 Å². The molecule has 132 valence electrons. The lowest BCUT2D eigenvalue weighted by atomic mass is 10.1. The molecule has 0 radical (unpaired) electrons. The van der Waals surface area contributed by atoms with Crippen molar-refractivity contribution < 1.29 is 18.7 Å². The lowest BCUT2D eigenvalue weighted by Crippen LogP contribution is -2.32. The number of para-hydroxylation sites is 1. The summed E-state index contributed by atoms with van der Waals surface area (Å²) < 4.78 is 24.3. The molecule has 3 rings (SSSR count). The molecule has 0 fully saturated rings. The van der Waals surface area contributed by atoms with E-state index in [-0.39, 0.29) is 11.7 Å². The maximum absolute atomic E-state index is 12.9. The second-order valence-electron chi connectivity index (χ2n) is 5.59. The molecule has 25 heavy (non-hydrogen) atoms. The van der Waals surface area contributed by atoms with Crippen LogP contribution in [0.25, 0.3) is 0 Å². The third kappa shape index (κ3) is 4.45. The van der Waals surface area contributed by atoms with Gasteiger partial charge in [0.2, 0.25) is 5.91 Å². The summed E-state index contributed by atoms with van der Waals surface area (Å²) in [6.45, 7) is 4.10. The number of benzene rings is 2. The molecular formula is C19H20FNO3S. The minimum atomic E-state index is -0.276. The highest BCUT2D eigenvalue weighted by Gasteiger charge is 2.19. The van der Waals surface area contributed by atoms with Crippen molar-refractivity contribution in [3.8, 4) is 11.5 Å². The fourth-order valence-corrected chi connectivity index (χ4v) is 3.41. The molecular weight excluding hydrogens is 341 g/mol. The van der Waals surface area contributed by atoms with E-state index in [1.165, 1.54) is 23.9 Å². The van der Waals surface area contributed by atoms with E-state index >= 15 is 0 Å². The van der Waals surface area contributed by atoms with Gasteiger partial charge in [0.15, 0.2) is 11.5 Å². The largest absolute Gasteiger partial charge is 0.486 e. The first-order valence-electron chi connectivity index (χ1n) is 8.21. The smallest absolute Gasteiger partial charge is 0.233 e. The standard InChI is InChI=1S/C19H20FNO3S/c1-2-21(18(22)13-25-16-8-6-15(20)7-9-16)12-14-4-3-5-17-19(14)24-11-10-23-17/h3-9H,2,10-13H2,1H3. The molecule has 0 N–H and O–H groups in total. The monoisotopic (exact) mass is 361 g/mol. The third-order valence-electron chi connectivity index (χ3n) is 3.92. The molecule has 1 heterocycles. The van der Waals surface area contributed by atoms with Gasteiger partial charge < -0.3 is 14.4 Å². The number of hydrogen-bond acceptors (Lipinski definition) is 4. The maximum Gasteiger partial charge on any atom is 0.233 e. The van der Waals surface area contributed by atoms with Crippen molar-refractivity contribution in [1.29, 1.82) is 0 Å². The van der Waals surface area contributed by atoms with E-state index in [1.54, 1.807) is 17.0 Å². The number of hydrogen-bond donors (Lipinski definition) is 0. The van der Waals surface area contributed by atoms with Gasteiger partial charge in [0.1, 0.15) is 19.0 Å². The maximum atomic E-state index is 12.9. The Labute approximate surface area is 150 Å². The van der Waals surface area contributed by atoms with Crippen LogP contribution in [-0.4, -0.2) is 36.3 Å². The summed E-state index contributed by atoms with van der Waals surface area (Å²) in [4.78, 5) is 15.2. The van der Waals surface area contributed by atoms with Gasteiger partial charge >= 0.3 is 0 Å². The Kier molecular flexibility index (Phi) is 5.81. The number of thioether (sulfide) groups is 1. The van der Waals surface area contributed by atoms with Gasteiger partial charge in [-0.15, -0.1) is 11.8 Å². The number of fused-ring (bicyclic) bond motifs is 1. The van der Waals surface area contributed by atoms with Crippen LogP contribution in [0.1, 0.15) is 12.5 Å². The highest BCUT2D eigenvalue weighted by Crippen LogP contribution is 2.34. The molecule has 0 saturated heterocycles. The SMILES string of the molecule is CCN(Cc1cccc2c1OCCO2)C(=O)CSc1ccc(F)cc1.